The molecule has 30 heavy (non-hydrogen) atoms. The van der Waals surface area contributed by atoms with E-state index in [2.05, 4.69) is 0 Å². The van der Waals surface area contributed by atoms with Gasteiger partial charge in [0.2, 0.25) is 0 Å². The Balaban J connectivity index is 2.01. The predicted molar refractivity (Wildman–Crippen MR) is 105 cm³/mol. The Labute approximate surface area is 173 Å². The molecule has 0 radical (unpaired) electrons. The molecular weight excluding hydrogens is 415 g/mol. The average Bonchev–Trinajstić information content (AvgIpc) is 2.72. The van der Waals surface area contributed by atoms with Gasteiger partial charge in [-0.15, -0.1) is 9.35 Å². The van der Waals surface area contributed by atoms with Crippen LogP contribution in [0, 0.1) is 5.92 Å². The first-order valence-corrected chi connectivity index (χ1v) is 10.8. The summed E-state index contributed by atoms with van der Waals surface area (Å²) in [6.45, 7) is -0.112. The molecular formula is C20H23O9P. The Morgan fingerprint density at radius 2 is 1.30 bits per heavy atom. The van der Waals surface area contributed by atoms with E-state index < -0.39 is 38.0 Å². The molecule has 2 aromatic carbocycles. The molecule has 0 aliphatic carbocycles. The molecule has 0 aliphatic rings. The minimum absolute atomic E-state index is 0.0558. The van der Waals surface area contributed by atoms with E-state index in [1.165, 1.54) is 0 Å². The number of aliphatic carboxylic acids is 2. The summed E-state index contributed by atoms with van der Waals surface area (Å²) in [6.07, 6.45) is -1.27. The van der Waals surface area contributed by atoms with Gasteiger partial charge in [-0.3, -0.25) is 14.2 Å². The maximum Gasteiger partial charge on any atom is 0.385 e. The highest BCUT2D eigenvalue weighted by atomic mass is 31.2. The molecule has 0 saturated carbocycles. The van der Waals surface area contributed by atoms with Crippen molar-refractivity contribution in [3.63, 3.8) is 0 Å². The first kappa shape index (κ1) is 23.7. The Morgan fingerprint density at radius 1 is 0.833 bits per heavy atom. The molecule has 2 N–H and O–H groups in total. The van der Waals surface area contributed by atoms with Gasteiger partial charge < -0.3 is 10.2 Å². The highest BCUT2D eigenvalue weighted by molar-refractivity contribution is 7.53. The minimum Gasteiger partial charge on any atom is -0.481 e. The molecule has 0 saturated heterocycles. The lowest BCUT2D eigenvalue weighted by Gasteiger charge is -2.19. The second-order valence-electron chi connectivity index (χ2n) is 6.41. The highest BCUT2D eigenvalue weighted by Gasteiger charge is 2.36. The lowest BCUT2D eigenvalue weighted by Crippen LogP contribution is -2.21. The van der Waals surface area contributed by atoms with Gasteiger partial charge in [0.05, 0.1) is 12.1 Å². The first-order valence-electron chi connectivity index (χ1n) is 9.12. The van der Waals surface area contributed by atoms with Crippen molar-refractivity contribution in [1.82, 2.24) is 0 Å². The number of carbonyl (C=O) groups is 2. The van der Waals surface area contributed by atoms with E-state index in [0.29, 0.717) is 0 Å². The van der Waals surface area contributed by atoms with Crippen LogP contribution in [-0.2, 0) is 46.5 Å². The van der Waals surface area contributed by atoms with Gasteiger partial charge in [-0.1, -0.05) is 60.7 Å². The number of rotatable bonds is 14. The Morgan fingerprint density at radius 3 is 1.70 bits per heavy atom. The first-order chi connectivity index (χ1) is 14.4. The lowest BCUT2D eigenvalue weighted by atomic mass is 10.1. The van der Waals surface area contributed by atoms with Crippen LogP contribution in [0.15, 0.2) is 60.7 Å². The number of benzene rings is 2. The molecule has 2 aromatic rings. The van der Waals surface area contributed by atoms with Crippen molar-refractivity contribution >= 4 is 19.5 Å². The van der Waals surface area contributed by atoms with Gasteiger partial charge >= 0.3 is 19.5 Å². The van der Waals surface area contributed by atoms with Gasteiger partial charge in [0, 0.05) is 6.42 Å². The molecule has 0 aromatic heterocycles. The summed E-state index contributed by atoms with van der Waals surface area (Å²) >= 11 is 0. The maximum absolute atomic E-state index is 13.0. The summed E-state index contributed by atoms with van der Waals surface area (Å²) in [4.78, 5) is 32.3. The van der Waals surface area contributed by atoms with Crippen LogP contribution in [0.4, 0.5) is 0 Å². The Bertz CT molecular complexity index is 792. The van der Waals surface area contributed by atoms with Crippen LogP contribution in [0.2, 0.25) is 0 Å². The zero-order valence-electron chi connectivity index (χ0n) is 16.1. The number of carboxylic acid groups (broad SMARTS) is 2. The standard InChI is InChI=1S/C20H23O9P/c21-19(22)12-11-18(20(23)24)15-30(25,28-26-13-16-7-3-1-4-8-16)29-27-14-17-9-5-2-6-10-17/h1-10,18H,11-15H2,(H,21,22)(H,23,24). The van der Waals surface area contributed by atoms with Crippen molar-refractivity contribution in [2.24, 2.45) is 5.92 Å². The molecule has 0 bridgehead atoms. The van der Waals surface area contributed by atoms with Crippen molar-refractivity contribution in [2.45, 2.75) is 26.1 Å². The summed E-state index contributed by atoms with van der Waals surface area (Å²) in [5.41, 5.74) is 1.46. The number of hydrogen-bond donors (Lipinski definition) is 2. The Hall–Kier alpha value is -2.55. The Kier molecular flexibility index (Phi) is 9.66. The van der Waals surface area contributed by atoms with E-state index in [0.717, 1.165) is 11.1 Å². The fourth-order valence-corrected chi connectivity index (χ4v) is 3.88. The smallest absolute Gasteiger partial charge is 0.385 e. The molecule has 9 nitrogen and oxygen atoms in total. The van der Waals surface area contributed by atoms with Crippen LogP contribution in [0.3, 0.4) is 0 Å². The molecule has 0 aliphatic heterocycles. The molecule has 162 valence electrons. The fourth-order valence-electron chi connectivity index (χ4n) is 2.43. The average molecular weight is 438 g/mol. The predicted octanol–water partition coefficient (Wildman–Crippen LogP) is 4.04. The van der Waals surface area contributed by atoms with E-state index in [9.17, 15) is 19.3 Å². The van der Waals surface area contributed by atoms with E-state index in [1.54, 1.807) is 48.5 Å². The van der Waals surface area contributed by atoms with Gasteiger partial charge in [0.15, 0.2) is 0 Å². The molecule has 0 spiro atoms. The third-order valence-corrected chi connectivity index (χ3v) is 5.52. The van der Waals surface area contributed by atoms with E-state index in [1.807, 2.05) is 12.1 Å². The largest absolute Gasteiger partial charge is 0.481 e. The SMILES string of the molecule is O=C(O)CCC(CP(=O)(OOCc1ccccc1)OOCc1ccccc1)C(=O)O. The highest BCUT2D eigenvalue weighted by Crippen LogP contribution is 2.51. The quantitative estimate of drug-likeness (QED) is 0.255. The number of carboxylic acids is 2. The second-order valence-corrected chi connectivity index (χ2v) is 8.29. The van der Waals surface area contributed by atoms with Gasteiger partial charge in [0.1, 0.15) is 13.2 Å². The van der Waals surface area contributed by atoms with E-state index in [4.69, 9.17) is 24.2 Å². The third kappa shape index (κ3) is 8.86. The van der Waals surface area contributed by atoms with Crippen LogP contribution in [0.5, 0.6) is 0 Å². The minimum atomic E-state index is -4.18. The maximum atomic E-state index is 13.0. The lowest BCUT2D eigenvalue weighted by molar-refractivity contribution is -0.277. The van der Waals surface area contributed by atoms with Crippen LogP contribution in [0.25, 0.3) is 0 Å². The van der Waals surface area contributed by atoms with Crippen molar-refractivity contribution in [2.75, 3.05) is 6.16 Å². The molecule has 1 atom stereocenters. The summed E-state index contributed by atoms with van der Waals surface area (Å²) in [7, 11) is -4.18. The molecule has 0 heterocycles. The molecule has 0 fully saturated rings. The van der Waals surface area contributed by atoms with Crippen molar-refractivity contribution in [1.29, 1.82) is 0 Å². The number of hydrogen-bond acceptors (Lipinski definition) is 7. The van der Waals surface area contributed by atoms with Gasteiger partial charge in [-0.05, 0) is 17.5 Å². The van der Waals surface area contributed by atoms with Gasteiger partial charge in [-0.25, -0.2) is 9.78 Å². The van der Waals surface area contributed by atoms with Crippen LogP contribution in [0.1, 0.15) is 24.0 Å². The molecule has 10 heteroatoms. The monoisotopic (exact) mass is 438 g/mol. The van der Waals surface area contributed by atoms with Crippen LogP contribution < -0.4 is 0 Å². The van der Waals surface area contributed by atoms with Crippen molar-refractivity contribution in [3.8, 4) is 0 Å². The fraction of sp³-hybridized carbons (Fsp3) is 0.300. The van der Waals surface area contributed by atoms with E-state index >= 15 is 0 Å². The second kappa shape index (κ2) is 12.2. The summed E-state index contributed by atoms with van der Waals surface area (Å²) < 4.78 is 23.0. The zero-order chi connectivity index (χ0) is 21.8. The zero-order valence-corrected chi connectivity index (χ0v) is 17.0. The molecule has 0 amide bonds. The van der Waals surface area contributed by atoms with E-state index in [-0.39, 0.29) is 19.6 Å². The van der Waals surface area contributed by atoms with Crippen LogP contribution >= 0.6 is 7.60 Å². The van der Waals surface area contributed by atoms with Crippen LogP contribution in [-0.4, -0.2) is 28.3 Å². The molecule has 1 unspecified atom stereocenters. The van der Waals surface area contributed by atoms with Crippen molar-refractivity contribution < 1.29 is 43.5 Å². The molecule has 2 rings (SSSR count). The van der Waals surface area contributed by atoms with Gasteiger partial charge in [0.25, 0.3) is 0 Å². The topological polar surface area (TPSA) is 129 Å². The van der Waals surface area contributed by atoms with Crippen molar-refractivity contribution in [3.05, 3.63) is 71.8 Å². The summed E-state index contributed by atoms with van der Waals surface area (Å²) in [5.74, 6) is -3.78. The third-order valence-electron chi connectivity index (χ3n) is 3.97. The van der Waals surface area contributed by atoms with Gasteiger partial charge in [-0.2, -0.15) is 0 Å². The summed E-state index contributed by atoms with van der Waals surface area (Å²) in [5, 5.41) is 18.2. The normalized spacial score (nSPS) is 12.4. The summed E-state index contributed by atoms with van der Waals surface area (Å²) in [6, 6.07) is 17.8.